The highest BCUT2D eigenvalue weighted by molar-refractivity contribution is 9.10. The molecule has 2 heterocycles. The molecule has 0 amide bonds. The molecular formula is C21H12BrClF4N2. The maximum atomic E-state index is 13.7. The van der Waals surface area contributed by atoms with Crippen LogP contribution in [0.15, 0.2) is 65.3 Å². The fourth-order valence-corrected chi connectivity index (χ4v) is 3.83. The molecule has 0 aliphatic heterocycles. The fraction of sp³-hybridized carbons (Fsp3) is 0.0952. The first-order chi connectivity index (χ1) is 13.7. The third-order valence-corrected chi connectivity index (χ3v) is 5.23. The van der Waals surface area contributed by atoms with E-state index in [9.17, 15) is 17.6 Å². The molecule has 2 aromatic heterocycles. The lowest BCUT2D eigenvalue weighted by Gasteiger charge is -2.10. The second-order valence-electron chi connectivity index (χ2n) is 6.49. The van der Waals surface area contributed by atoms with E-state index in [4.69, 9.17) is 11.6 Å². The number of halogens is 6. The SMILES string of the molecule is Fc1cccc(Cc2c(-c3cccc(Br)c3)nc3c(Cl)cc(C(F)(F)F)cn23)c1. The largest absolute Gasteiger partial charge is 0.417 e. The highest BCUT2D eigenvalue weighted by Crippen LogP contribution is 2.36. The number of nitrogens with zero attached hydrogens (tertiary/aromatic N) is 2. The number of hydrogen-bond donors (Lipinski definition) is 0. The van der Waals surface area contributed by atoms with E-state index in [1.165, 1.54) is 16.5 Å². The Morgan fingerprint density at radius 1 is 1.03 bits per heavy atom. The quantitative estimate of drug-likeness (QED) is 0.283. The van der Waals surface area contributed by atoms with Crippen LogP contribution < -0.4 is 0 Å². The van der Waals surface area contributed by atoms with E-state index in [-0.39, 0.29) is 17.1 Å². The van der Waals surface area contributed by atoms with Crippen LogP contribution in [0, 0.1) is 5.82 Å². The molecule has 0 N–H and O–H groups in total. The highest BCUT2D eigenvalue weighted by atomic mass is 79.9. The van der Waals surface area contributed by atoms with E-state index in [2.05, 4.69) is 20.9 Å². The zero-order valence-electron chi connectivity index (χ0n) is 14.6. The van der Waals surface area contributed by atoms with Gasteiger partial charge in [0.1, 0.15) is 5.82 Å². The van der Waals surface area contributed by atoms with Crippen LogP contribution in [-0.4, -0.2) is 9.38 Å². The van der Waals surface area contributed by atoms with Crippen LogP contribution in [0.1, 0.15) is 16.8 Å². The van der Waals surface area contributed by atoms with Gasteiger partial charge in [0, 0.05) is 22.7 Å². The number of aromatic nitrogens is 2. The standard InChI is InChI=1S/C21H12BrClF4N2/c22-15-5-2-4-13(9-15)19-18(8-12-3-1-6-16(24)7-12)29-11-14(21(25,26)27)10-17(23)20(29)28-19/h1-7,9-11H,8H2. The van der Waals surface area contributed by atoms with Gasteiger partial charge in [-0.2, -0.15) is 13.2 Å². The molecule has 2 nitrogen and oxygen atoms in total. The summed E-state index contributed by atoms with van der Waals surface area (Å²) < 4.78 is 55.8. The summed E-state index contributed by atoms with van der Waals surface area (Å²) in [6.07, 6.45) is -3.41. The van der Waals surface area contributed by atoms with Crippen molar-refractivity contribution in [3.8, 4) is 11.3 Å². The van der Waals surface area contributed by atoms with Gasteiger partial charge in [0.15, 0.2) is 5.65 Å². The van der Waals surface area contributed by atoms with Crippen molar-refractivity contribution in [2.45, 2.75) is 12.6 Å². The van der Waals surface area contributed by atoms with Gasteiger partial charge in [0.25, 0.3) is 0 Å². The van der Waals surface area contributed by atoms with Gasteiger partial charge < -0.3 is 4.40 Å². The van der Waals surface area contributed by atoms with Gasteiger partial charge in [-0.05, 0) is 35.9 Å². The average molecular weight is 484 g/mol. The van der Waals surface area contributed by atoms with Gasteiger partial charge in [-0.3, -0.25) is 0 Å². The van der Waals surface area contributed by atoms with E-state index in [1.54, 1.807) is 24.3 Å². The molecule has 0 atom stereocenters. The third kappa shape index (κ3) is 4.02. The zero-order chi connectivity index (χ0) is 20.8. The van der Waals surface area contributed by atoms with Crippen LogP contribution in [0.4, 0.5) is 17.6 Å². The summed E-state index contributed by atoms with van der Waals surface area (Å²) in [5, 5.41) is -0.110. The van der Waals surface area contributed by atoms with Gasteiger partial charge >= 0.3 is 6.18 Å². The Labute approximate surface area is 176 Å². The van der Waals surface area contributed by atoms with Crippen molar-refractivity contribution in [1.29, 1.82) is 0 Å². The van der Waals surface area contributed by atoms with Crippen LogP contribution in [-0.2, 0) is 12.6 Å². The lowest BCUT2D eigenvalue weighted by Crippen LogP contribution is -2.08. The summed E-state index contributed by atoms with van der Waals surface area (Å²) in [5.41, 5.74) is 1.61. The molecular weight excluding hydrogens is 472 g/mol. The molecule has 0 saturated carbocycles. The molecule has 0 unspecified atom stereocenters. The predicted octanol–water partition coefficient (Wildman–Crippen LogP) is 7.17. The third-order valence-electron chi connectivity index (χ3n) is 4.46. The molecule has 4 aromatic rings. The van der Waals surface area contributed by atoms with Crippen LogP contribution in [0.3, 0.4) is 0 Å². The summed E-state index contributed by atoms with van der Waals surface area (Å²) in [7, 11) is 0. The Bertz CT molecular complexity index is 1220. The number of alkyl halides is 3. The second kappa shape index (κ2) is 7.46. The second-order valence-corrected chi connectivity index (χ2v) is 7.82. The number of rotatable bonds is 3. The van der Waals surface area contributed by atoms with Gasteiger partial charge in [0.05, 0.1) is 22.0 Å². The summed E-state index contributed by atoms with van der Waals surface area (Å²) in [5.74, 6) is -0.422. The first-order valence-corrected chi connectivity index (χ1v) is 9.67. The van der Waals surface area contributed by atoms with Crippen molar-refractivity contribution in [2.24, 2.45) is 0 Å². The minimum Gasteiger partial charge on any atom is -0.301 e. The van der Waals surface area contributed by atoms with Crippen molar-refractivity contribution >= 4 is 33.2 Å². The summed E-state index contributed by atoms with van der Waals surface area (Å²) in [6, 6.07) is 14.0. The number of hydrogen-bond acceptors (Lipinski definition) is 1. The Morgan fingerprint density at radius 2 is 1.79 bits per heavy atom. The van der Waals surface area contributed by atoms with Crippen molar-refractivity contribution in [3.63, 3.8) is 0 Å². The summed E-state index contributed by atoms with van der Waals surface area (Å²) in [6.45, 7) is 0. The van der Waals surface area contributed by atoms with Gasteiger partial charge in [-0.25, -0.2) is 9.37 Å². The molecule has 2 aromatic carbocycles. The Morgan fingerprint density at radius 3 is 2.48 bits per heavy atom. The van der Waals surface area contributed by atoms with Crippen LogP contribution in [0.2, 0.25) is 5.02 Å². The zero-order valence-corrected chi connectivity index (χ0v) is 17.0. The molecule has 0 fully saturated rings. The monoisotopic (exact) mass is 482 g/mol. The molecule has 0 aliphatic carbocycles. The Balaban J connectivity index is 1.99. The maximum Gasteiger partial charge on any atom is 0.417 e. The lowest BCUT2D eigenvalue weighted by atomic mass is 10.0. The molecule has 0 spiro atoms. The van der Waals surface area contributed by atoms with Crippen molar-refractivity contribution in [3.05, 3.63) is 92.9 Å². The molecule has 148 valence electrons. The number of imidazole rings is 1. The smallest absolute Gasteiger partial charge is 0.301 e. The normalized spacial score (nSPS) is 11.9. The van der Waals surface area contributed by atoms with E-state index in [1.807, 2.05) is 12.1 Å². The fourth-order valence-electron chi connectivity index (χ4n) is 3.18. The summed E-state index contributed by atoms with van der Waals surface area (Å²) >= 11 is 9.55. The molecule has 8 heteroatoms. The van der Waals surface area contributed by atoms with E-state index in [0.29, 0.717) is 22.5 Å². The maximum absolute atomic E-state index is 13.7. The minimum atomic E-state index is -4.56. The van der Waals surface area contributed by atoms with Crippen LogP contribution in [0.25, 0.3) is 16.9 Å². The van der Waals surface area contributed by atoms with Crippen molar-refractivity contribution < 1.29 is 17.6 Å². The Kier molecular flexibility index (Phi) is 5.12. The number of benzene rings is 2. The Hall–Kier alpha value is -2.38. The van der Waals surface area contributed by atoms with Gasteiger partial charge in [0.2, 0.25) is 0 Å². The van der Waals surface area contributed by atoms with Crippen LogP contribution in [0.5, 0.6) is 0 Å². The summed E-state index contributed by atoms with van der Waals surface area (Å²) in [4.78, 5) is 4.51. The molecule has 4 rings (SSSR count). The number of fused-ring (bicyclic) bond motifs is 1. The molecule has 0 saturated heterocycles. The predicted molar refractivity (Wildman–Crippen MR) is 108 cm³/mol. The highest BCUT2D eigenvalue weighted by Gasteiger charge is 2.32. The topological polar surface area (TPSA) is 17.3 Å². The molecule has 29 heavy (non-hydrogen) atoms. The van der Waals surface area contributed by atoms with Gasteiger partial charge in [-0.1, -0.05) is 51.8 Å². The van der Waals surface area contributed by atoms with E-state index >= 15 is 0 Å². The first kappa shape index (κ1) is 19.9. The minimum absolute atomic E-state index is 0.110. The van der Waals surface area contributed by atoms with E-state index in [0.717, 1.165) is 16.7 Å². The first-order valence-electron chi connectivity index (χ1n) is 8.50. The van der Waals surface area contributed by atoms with Crippen LogP contribution >= 0.6 is 27.5 Å². The van der Waals surface area contributed by atoms with Gasteiger partial charge in [-0.15, -0.1) is 0 Å². The van der Waals surface area contributed by atoms with Crippen molar-refractivity contribution in [2.75, 3.05) is 0 Å². The average Bonchev–Trinajstić information content (AvgIpc) is 3.00. The number of pyridine rings is 1. The lowest BCUT2D eigenvalue weighted by molar-refractivity contribution is -0.137. The molecule has 0 radical (unpaired) electrons. The van der Waals surface area contributed by atoms with Crippen molar-refractivity contribution in [1.82, 2.24) is 9.38 Å². The van der Waals surface area contributed by atoms with E-state index < -0.39 is 17.6 Å². The molecule has 0 bridgehead atoms. The molecule has 0 aliphatic rings.